The first-order valence-corrected chi connectivity index (χ1v) is 10.2. The summed E-state index contributed by atoms with van der Waals surface area (Å²) < 4.78 is 14.9. The van der Waals surface area contributed by atoms with Gasteiger partial charge in [0.1, 0.15) is 5.82 Å². The third-order valence-electron chi connectivity index (χ3n) is 5.92. The highest BCUT2D eigenvalue weighted by Gasteiger charge is 2.26. The van der Waals surface area contributed by atoms with Crippen molar-refractivity contribution in [3.05, 3.63) is 82.9 Å². The van der Waals surface area contributed by atoms with Crippen LogP contribution in [0.3, 0.4) is 0 Å². The Labute approximate surface area is 170 Å². The average Bonchev–Trinajstić information content (AvgIpc) is 3.04. The molecule has 1 aromatic heterocycles. The normalized spacial score (nSPS) is 19.1. The lowest BCUT2D eigenvalue weighted by Gasteiger charge is -2.29. The second-order valence-electron chi connectivity index (χ2n) is 7.87. The monoisotopic (exact) mass is 391 g/mol. The molecule has 0 saturated heterocycles. The summed E-state index contributed by atoms with van der Waals surface area (Å²) >= 11 is 0. The molecule has 1 amide bonds. The number of amides is 1. The molecule has 29 heavy (non-hydrogen) atoms. The SMILES string of the molecule is Cc1nn(-c2ccc(F)cc2)c(C)c1C(=O)NC1CCC(c2ccccc2)CC1. The van der Waals surface area contributed by atoms with E-state index in [1.54, 1.807) is 16.8 Å². The number of benzene rings is 2. The molecular formula is C24H26FN3O. The zero-order chi connectivity index (χ0) is 20.4. The van der Waals surface area contributed by atoms with E-state index in [9.17, 15) is 9.18 Å². The van der Waals surface area contributed by atoms with Crippen molar-refractivity contribution in [1.29, 1.82) is 0 Å². The highest BCUT2D eigenvalue weighted by molar-refractivity contribution is 5.96. The second-order valence-corrected chi connectivity index (χ2v) is 7.87. The Kier molecular flexibility index (Phi) is 5.47. The molecule has 150 valence electrons. The molecule has 0 spiro atoms. The molecule has 0 aliphatic heterocycles. The fourth-order valence-corrected chi connectivity index (χ4v) is 4.36. The first-order chi connectivity index (χ1) is 14.0. The predicted octanol–water partition coefficient (Wildman–Crippen LogP) is 5.08. The fourth-order valence-electron chi connectivity index (χ4n) is 4.36. The Morgan fingerprint density at radius 1 is 1.00 bits per heavy atom. The molecular weight excluding hydrogens is 365 g/mol. The van der Waals surface area contributed by atoms with Gasteiger partial charge in [0.15, 0.2) is 0 Å². The van der Waals surface area contributed by atoms with E-state index in [4.69, 9.17) is 0 Å². The van der Waals surface area contributed by atoms with Crippen LogP contribution in [0.25, 0.3) is 5.69 Å². The van der Waals surface area contributed by atoms with Crippen molar-refractivity contribution < 1.29 is 9.18 Å². The summed E-state index contributed by atoms with van der Waals surface area (Å²) in [5, 5.41) is 7.72. The molecule has 2 aromatic carbocycles. The minimum Gasteiger partial charge on any atom is -0.349 e. The molecule has 1 aliphatic rings. The van der Waals surface area contributed by atoms with Gasteiger partial charge < -0.3 is 5.32 Å². The Bertz CT molecular complexity index is 987. The molecule has 0 atom stereocenters. The zero-order valence-corrected chi connectivity index (χ0v) is 16.9. The highest BCUT2D eigenvalue weighted by Crippen LogP contribution is 2.33. The summed E-state index contributed by atoms with van der Waals surface area (Å²) in [6.07, 6.45) is 4.13. The zero-order valence-electron chi connectivity index (χ0n) is 16.9. The number of halogens is 1. The lowest BCUT2D eigenvalue weighted by Crippen LogP contribution is -2.37. The van der Waals surface area contributed by atoms with E-state index < -0.39 is 0 Å². The van der Waals surface area contributed by atoms with Gasteiger partial charge in [0.25, 0.3) is 5.91 Å². The van der Waals surface area contributed by atoms with Gasteiger partial charge in [-0.25, -0.2) is 9.07 Å². The maximum atomic E-state index is 13.2. The van der Waals surface area contributed by atoms with Crippen LogP contribution in [0.1, 0.15) is 58.9 Å². The molecule has 5 heteroatoms. The first kappa shape index (κ1) is 19.4. The van der Waals surface area contributed by atoms with Gasteiger partial charge in [-0.2, -0.15) is 5.10 Å². The van der Waals surface area contributed by atoms with Gasteiger partial charge in [0.2, 0.25) is 0 Å². The van der Waals surface area contributed by atoms with Gasteiger partial charge in [0.05, 0.1) is 22.6 Å². The van der Waals surface area contributed by atoms with Crippen molar-refractivity contribution in [1.82, 2.24) is 15.1 Å². The molecule has 3 aromatic rings. The summed E-state index contributed by atoms with van der Waals surface area (Å²) in [6, 6.07) is 16.9. The number of hydrogen-bond acceptors (Lipinski definition) is 2. The van der Waals surface area contributed by atoms with Crippen LogP contribution >= 0.6 is 0 Å². The summed E-state index contributed by atoms with van der Waals surface area (Å²) in [5.74, 6) is 0.213. The first-order valence-electron chi connectivity index (χ1n) is 10.2. The van der Waals surface area contributed by atoms with Gasteiger partial charge in [-0.3, -0.25) is 4.79 Å². The van der Waals surface area contributed by atoms with E-state index in [2.05, 4.69) is 34.7 Å². The molecule has 4 nitrogen and oxygen atoms in total. The number of rotatable bonds is 4. The number of aromatic nitrogens is 2. The van der Waals surface area contributed by atoms with E-state index in [1.807, 2.05) is 19.9 Å². The van der Waals surface area contributed by atoms with Gasteiger partial charge >= 0.3 is 0 Å². The third kappa shape index (κ3) is 4.09. The quantitative estimate of drug-likeness (QED) is 0.674. The molecule has 0 unspecified atom stereocenters. The van der Waals surface area contributed by atoms with Crippen molar-refractivity contribution in [2.75, 3.05) is 0 Å². The molecule has 4 rings (SSSR count). The lowest BCUT2D eigenvalue weighted by atomic mass is 9.81. The minimum absolute atomic E-state index is 0.0727. The molecule has 0 bridgehead atoms. The number of aryl methyl sites for hydroxylation is 1. The van der Waals surface area contributed by atoms with Crippen molar-refractivity contribution in [3.63, 3.8) is 0 Å². The van der Waals surface area contributed by atoms with Crippen LogP contribution in [0.2, 0.25) is 0 Å². The average molecular weight is 391 g/mol. The number of carbonyl (C=O) groups excluding carboxylic acids is 1. The van der Waals surface area contributed by atoms with Gasteiger partial charge in [-0.1, -0.05) is 30.3 Å². The third-order valence-corrected chi connectivity index (χ3v) is 5.92. The minimum atomic E-state index is -0.292. The summed E-state index contributed by atoms with van der Waals surface area (Å²) in [7, 11) is 0. The number of hydrogen-bond donors (Lipinski definition) is 1. The Balaban J connectivity index is 1.43. The largest absolute Gasteiger partial charge is 0.349 e. The summed E-state index contributed by atoms with van der Waals surface area (Å²) in [6.45, 7) is 3.72. The molecule has 1 fully saturated rings. The highest BCUT2D eigenvalue weighted by atomic mass is 19.1. The van der Waals surface area contributed by atoms with Crippen molar-refractivity contribution in [2.45, 2.75) is 51.5 Å². The number of nitrogens with one attached hydrogen (secondary N) is 1. The summed E-state index contributed by atoms with van der Waals surface area (Å²) in [4.78, 5) is 13.0. The van der Waals surface area contributed by atoms with Gasteiger partial charge in [-0.05, 0) is 75.3 Å². The van der Waals surface area contributed by atoms with E-state index in [0.29, 0.717) is 17.2 Å². The smallest absolute Gasteiger partial charge is 0.255 e. The van der Waals surface area contributed by atoms with E-state index >= 15 is 0 Å². The Hall–Kier alpha value is -2.95. The van der Waals surface area contributed by atoms with Crippen LogP contribution < -0.4 is 5.32 Å². The maximum Gasteiger partial charge on any atom is 0.255 e. The molecule has 1 heterocycles. The fraction of sp³-hybridized carbons (Fsp3) is 0.333. The van der Waals surface area contributed by atoms with Crippen LogP contribution in [0, 0.1) is 19.7 Å². The van der Waals surface area contributed by atoms with E-state index in [-0.39, 0.29) is 17.8 Å². The van der Waals surface area contributed by atoms with Crippen LogP contribution in [0.15, 0.2) is 54.6 Å². The van der Waals surface area contributed by atoms with E-state index in [0.717, 1.165) is 37.1 Å². The van der Waals surface area contributed by atoms with Crippen LogP contribution in [0.5, 0.6) is 0 Å². The van der Waals surface area contributed by atoms with Crippen molar-refractivity contribution in [3.8, 4) is 5.69 Å². The predicted molar refractivity (Wildman–Crippen MR) is 112 cm³/mol. The number of carbonyl (C=O) groups is 1. The van der Waals surface area contributed by atoms with Crippen LogP contribution in [-0.4, -0.2) is 21.7 Å². The van der Waals surface area contributed by atoms with Crippen molar-refractivity contribution >= 4 is 5.91 Å². The molecule has 1 aliphatic carbocycles. The van der Waals surface area contributed by atoms with Crippen molar-refractivity contribution in [2.24, 2.45) is 0 Å². The van der Waals surface area contributed by atoms with Crippen LogP contribution in [-0.2, 0) is 0 Å². The van der Waals surface area contributed by atoms with Crippen LogP contribution in [0.4, 0.5) is 4.39 Å². The molecule has 0 radical (unpaired) electrons. The topological polar surface area (TPSA) is 46.9 Å². The lowest BCUT2D eigenvalue weighted by molar-refractivity contribution is 0.0924. The standard InChI is InChI=1S/C24H26FN3O/c1-16-23(17(2)28(27-16)22-14-10-20(25)11-15-22)24(29)26-21-12-8-19(9-13-21)18-6-4-3-5-7-18/h3-7,10-11,14-15,19,21H,8-9,12-13H2,1-2H3,(H,26,29). The Morgan fingerprint density at radius 3 is 2.31 bits per heavy atom. The number of nitrogens with zero attached hydrogens (tertiary/aromatic N) is 2. The maximum absolute atomic E-state index is 13.2. The molecule has 1 saturated carbocycles. The summed E-state index contributed by atoms with van der Waals surface area (Å²) in [5.41, 5.74) is 4.20. The second kappa shape index (κ2) is 8.19. The van der Waals surface area contributed by atoms with Gasteiger partial charge in [0, 0.05) is 6.04 Å². The van der Waals surface area contributed by atoms with Gasteiger partial charge in [-0.15, -0.1) is 0 Å². The Morgan fingerprint density at radius 2 is 1.66 bits per heavy atom. The molecule has 1 N–H and O–H groups in total. The van der Waals surface area contributed by atoms with E-state index in [1.165, 1.54) is 17.7 Å².